The fourth-order valence-corrected chi connectivity index (χ4v) is 2.63. The van der Waals surface area contributed by atoms with Gasteiger partial charge in [0.1, 0.15) is 0 Å². The Kier molecular flexibility index (Phi) is 3.59. The van der Waals surface area contributed by atoms with Gasteiger partial charge < -0.3 is 4.74 Å². The van der Waals surface area contributed by atoms with Crippen LogP contribution in [0.3, 0.4) is 0 Å². The maximum Gasteiger partial charge on any atom is 0.0646 e. The lowest BCUT2D eigenvalue weighted by Crippen LogP contribution is -2.62. The van der Waals surface area contributed by atoms with Crippen LogP contribution in [0.25, 0.3) is 0 Å². The molecule has 0 aromatic carbocycles. The molecule has 2 heteroatoms. The van der Waals surface area contributed by atoms with E-state index in [0.29, 0.717) is 18.0 Å². The average Bonchev–Trinajstić information content (AvgIpc) is 2.00. The molecule has 1 unspecified atom stereocenters. The van der Waals surface area contributed by atoms with Crippen molar-refractivity contribution in [3.63, 3.8) is 0 Å². The molecule has 2 nitrogen and oxygen atoms in total. The molecular formula is C12H25NO. The molecule has 84 valence electrons. The summed E-state index contributed by atoms with van der Waals surface area (Å²) in [5, 5.41) is 0. The summed E-state index contributed by atoms with van der Waals surface area (Å²) in [5.41, 5.74) is 0.182. The number of ether oxygens (including phenoxy) is 1. The van der Waals surface area contributed by atoms with Crippen LogP contribution in [0.1, 0.15) is 41.5 Å². The summed E-state index contributed by atoms with van der Waals surface area (Å²) in [4.78, 5) is 2.61. The van der Waals surface area contributed by atoms with Gasteiger partial charge >= 0.3 is 0 Å². The summed E-state index contributed by atoms with van der Waals surface area (Å²) >= 11 is 0. The Labute approximate surface area is 88.6 Å². The summed E-state index contributed by atoms with van der Waals surface area (Å²) in [6, 6.07) is 1.17. The summed E-state index contributed by atoms with van der Waals surface area (Å²) in [5.74, 6) is 0.664. The molecule has 0 aromatic heterocycles. The van der Waals surface area contributed by atoms with Gasteiger partial charge in [-0.05, 0) is 33.6 Å². The van der Waals surface area contributed by atoms with Gasteiger partial charge in [0, 0.05) is 17.6 Å². The fraction of sp³-hybridized carbons (Fsp3) is 1.00. The first-order chi connectivity index (χ1) is 6.36. The zero-order valence-electron chi connectivity index (χ0n) is 10.5. The van der Waals surface area contributed by atoms with E-state index in [1.54, 1.807) is 0 Å². The SMILES string of the molecule is CC(C)C1COCC(C)(C)N1C(C)C. The van der Waals surface area contributed by atoms with Crippen LogP contribution in [0.5, 0.6) is 0 Å². The van der Waals surface area contributed by atoms with Crippen LogP contribution in [0.15, 0.2) is 0 Å². The lowest BCUT2D eigenvalue weighted by Gasteiger charge is -2.51. The molecule has 1 saturated heterocycles. The lowest BCUT2D eigenvalue weighted by molar-refractivity contribution is -0.116. The summed E-state index contributed by atoms with van der Waals surface area (Å²) in [6.07, 6.45) is 0. The van der Waals surface area contributed by atoms with Crippen LogP contribution in [-0.2, 0) is 4.74 Å². The molecular weight excluding hydrogens is 174 g/mol. The summed E-state index contributed by atoms with van der Waals surface area (Å²) < 4.78 is 5.70. The van der Waals surface area contributed by atoms with Gasteiger partial charge in [0.25, 0.3) is 0 Å². The second kappa shape index (κ2) is 4.19. The maximum absolute atomic E-state index is 5.70. The second-order valence-electron chi connectivity index (χ2n) is 5.64. The molecule has 0 aliphatic carbocycles. The maximum atomic E-state index is 5.70. The van der Waals surface area contributed by atoms with Crippen molar-refractivity contribution in [1.29, 1.82) is 0 Å². The number of rotatable bonds is 2. The Balaban J connectivity index is 2.84. The van der Waals surface area contributed by atoms with E-state index in [-0.39, 0.29) is 5.54 Å². The highest BCUT2D eigenvalue weighted by molar-refractivity contribution is 4.93. The molecule has 1 atom stereocenters. The van der Waals surface area contributed by atoms with Crippen LogP contribution in [0.4, 0.5) is 0 Å². The molecule has 14 heavy (non-hydrogen) atoms. The van der Waals surface area contributed by atoms with Crippen molar-refractivity contribution < 1.29 is 4.74 Å². The summed E-state index contributed by atoms with van der Waals surface area (Å²) in [7, 11) is 0. The standard InChI is InChI=1S/C12H25NO/c1-9(2)11-7-14-8-12(5,6)13(11)10(3)4/h9-11H,7-8H2,1-6H3. The predicted octanol–water partition coefficient (Wildman–Crippen LogP) is 2.53. The van der Waals surface area contributed by atoms with Gasteiger partial charge in [-0.1, -0.05) is 13.8 Å². The quantitative estimate of drug-likeness (QED) is 0.677. The van der Waals surface area contributed by atoms with Crippen molar-refractivity contribution in [2.24, 2.45) is 5.92 Å². The monoisotopic (exact) mass is 199 g/mol. The van der Waals surface area contributed by atoms with Crippen molar-refractivity contribution in [2.75, 3.05) is 13.2 Å². The van der Waals surface area contributed by atoms with E-state index in [2.05, 4.69) is 46.4 Å². The van der Waals surface area contributed by atoms with Crippen LogP contribution in [-0.4, -0.2) is 35.7 Å². The fourth-order valence-electron chi connectivity index (χ4n) is 2.63. The molecule has 1 aliphatic rings. The molecule has 1 aliphatic heterocycles. The number of hydrogen-bond donors (Lipinski definition) is 0. The Morgan fingerprint density at radius 3 is 2.14 bits per heavy atom. The highest BCUT2D eigenvalue weighted by Crippen LogP contribution is 2.29. The summed E-state index contributed by atoms with van der Waals surface area (Å²) in [6.45, 7) is 15.4. The van der Waals surface area contributed by atoms with E-state index >= 15 is 0 Å². The smallest absolute Gasteiger partial charge is 0.0646 e. The van der Waals surface area contributed by atoms with Gasteiger partial charge in [0.2, 0.25) is 0 Å². The third kappa shape index (κ3) is 2.29. The van der Waals surface area contributed by atoms with E-state index < -0.39 is 0 Å². The van der Waals surface area contributed by atoms with E-state index in [1.165, 1.54) is 0 Å². The van der Waals surface area contributed by atoms with Gasteiger partial charge in [0.05, 0.1) is 13.2 Å². The predicted molar refractivity (Wildman–Crippen MR) is 60.5 cm³/mol. The first-order valence-corrected chi connectivity index (χ1v) is 5.72. The van der Waals surface area contributed by atoms with Crippen molar-refractivity contribution in [3.05, 3.63) is 0 Å². The Morgan fingerprint density at radius 2 is 1.79 bits per heavy atom. The topological polar surface area (TPSA) is 12.5 Å². The molecule has 0 saturated carbocycles. The Bertz CT molecular complexity index is 187. The van der Waals surface area contributed by atoms with Gasteiger partial charge in [0.15, 0.2) is 0 Å². The van der Waals surface area contributed by atoms with Crippen molar-refractivity contribution in [2.45, 2.75) is 59.2 Å². The third-order valence-electron chi connectivity index (χ3n) is 3.13. The Hall–Kier alpha value is -0.0800. The van der Waals surface area contributed by atoms with Gasteiger partial charge in [-0.3, -0.25) is 4.90 Å². The molecule has 0 radical (unpaired) electrons. The van der Waals surface area contributed by atoms with Crippen molar-refractivity contribution in [3.8, 4) is 0 Å². The lowest BCUT2D eigenvalue weighted by atomic mass is 9.91. The first-order valence-electron chi connectivity index (χ1n) is 5.72. The van der Waals surface area contributed by atoms with E-state index in [0.717, 1.165) is 13.2 Å². The van der Waals surface area contributed by atoms with Crippen molar-refractivity contribution >= 4 is 0 Å². The van der Waals surface area contributed by atoms with Crippen LogP contribution >= 0.6 is 0 Å². The second-order valence-corrected chi connectivity index (χ2v) is 5.64. The molecule has 0 aromatic rings. The first kappa shape index (κ1) is 12.0. The number of nitrogens with zero attached hydrogens (tertiary/aromatic N) is 1. The minimum Gasteiger partial charge on any atom is -0.378 e. The highest BCUT2D eigenvalue weighted by Gasteiger charge is 2.39. The number of hydrogen-bond acceptors (Lipinski definition) is 2. The minimum atomic E-state index is 0.182. The molecule has 1 rings (SSSR count). The van der Waals surface area contributed by atoms with E-state index in [4.69, 9.17) is 4.74 Å². The van der Waals surface area contributed by atoms with E-state index in [1.807, 2.05) is 0 Å². The molecule has 0 spiro atoms. The largest absolute Gasteiger partial charge is 0.378 e. The van der Waals surface area contributed by atoms with E-state index in [9.17, 15) is 0 Å². The van der Waals surface area contributed by atoms with Gasteiger partial charge in [-0.25, -0.2) is 0 Å². The van der Waals surface area contributed by atoms with Crippen LogP contribution in [0, 0.1) is 5.92 Å². The minimum absolute atomic E-state index is 0.182. The normalized spacial score (nSPS) is 28.7. The van der Waals surface area contributed by atoms with Gasteiger partial charge in [-0.15, -0.1) is 0 Å². The van der Waals surface area contributed by atoms with Crippen LogP contribution < -0.4 is 0 Å². The third-order valence-corrected chi connectivity index (χ3v) is 3.13. The molecule has 0 N–H and O–H groups in total. The van der Waals surface area contributed by atoms with Crippen molar-refractivity contribution in [1.82, 2.24) is 4.90 Å². The zero-order valence-corrected chi connectivity index (χ0v) is 10.5. The zero-order chi connectivity index (χ0) is 10.9. The Morgan fingerprint density at radius 1 is 1.21 bits per heavy atom. The van der Waals surface area contributed by atoms with Crippen LogP contribution in [0.2, 0.25) is 0 Å². The molecule has 1 heterocycles. The van der Waals surface area contributed by atoms with Gasteiger partial charge in [-0.2, -0.15) is 0 Å². The molecule has 0 amide bonds. The highest BCUT2D eigenvalue weighted by atomic mass is 16.5. The molecule has 0 bridgehead atoms. The number of morpholine rings is 1. The average molecular weight is 199 g/mol. The molecule has 1 fully saturated rings.